The molecule has 3 rings (SSSR count). The number of ether oxygens (including phenoxy) is 2. The van der Waals surface area contributed by atoms with Gasteiger partial charge in [-0.15, -0.1) is 5.10 Å². The van der Waals surface area contributed by atoms with Crippen LogP contribution in [0.4, 0.5) is 0 Å². The average molecular weight is 1430 g/mol. The maximum absolute atomic E-state index is 15.5. The number of unbranched alkanes of at least 4 members (excludes halogenated alkanes) is 2. The molecule has 0 saturated carbocycles. The molecule has 2 aliphatic heterocycles. The Morgan fingerprint density at radius 3 is 1.53 bits per heavy atom. The number of aliphatic hydroxyl groups excluding tert-OH is 1. The van der Waals surface area contributed by atoms with Gasteiger partial charge >= 0.3 is 0 Å². The molecule has 576 valence electrons. The summed E-state index contributed by atoms with van der Waals surface area (Å²) in [6, 6.07) is -14.3. The monoisotopic (exact) mass is 1430 g/mol. The van der Waals surface area contributed by atoms with Gasteiger partial charge in [-0.3, -0.25) is 57.6 Å². The molecular weight excluding hydrogens is 1300 g/mol. The number of nitrogens with zero attached hydrogens (tertiary/aromatic N) is 12. The fraction of sp³-hybridized carbons (Fsp3) is 0.831. The van der Waals surface area contributed by atoms with Crippen LogP contribution in [0.25, 0.3) is 0 Å². The summed E-state index contributed by atoms with van der Waals surface area (Å²) in [6.45, 7) is 31.3. The van der Waals surface area contributed by atoms with Gasteiger partial charge in [0.1, 0.15) is 66.5 Å². The van der Waals surface area contributed by atoms with Crippen LogP contribution in [0.3, 0.4) is 0 Å². The number of nitrogens with one attached hydrogen (secondary N) is 4. The molecule has 0 spiro atoms. The van der Waals surface area contributed by atoms with Gasteiger partial charge in [0.15, 0.2) is 5.82 Å². The van der Waals surface area contributed by atoms with Crippen LogP contribution in [-0.2, 0) is 75.7 Å². The number of morpholine rings is 1. The minimum Gasteiger partial charge on any atom is -0.390 e. The van der Waals surface area contributed by atoms with E-state index in [2.05, 4.69) is 41.7 Å². The molecule has 11 amide bonds. The summed E-state index contributed by atoms with van der Waals surface area (Å²) in [5.41, 5.74) is 0. The van der Waals surface area contributed by atoms with Crippen molar-refractivity contribution in [3.8, 4) is 0 Å². The molecule has 30 nitrogen and oxygen atoms in total. The Morgan fingerprint density at radius 2 is 1.01 bits per heavy atom. The molecule has 0 unspecified atom stereocenters. The molecule has 2 aliphatic rings. The summed E-state index contributed by atoms with van der Waals surface area (Å²) in [4.78, 5) is 175. The van der Waals surface area contributed by atoms with E-state index in [1.165, 1.54) is 94.6 Å². The van der Waals surface area contributed by atoms with Gasteiger partial charge in [0, 0.05) is 82.5 Å². The highest BCUT2D eigenvalue weighted by molar-refractivity contribution is 6.00. The number of aliphatic hydroxyl groups is 1. The van der Waals surface area contributed by atoms with Gasteiger partial charge in [-0.1, -0.05) is 89.5 Å². The van der Waals surface area contributed by atoms with Crippen molar-refractivity contribution in [2.45, 2.75) is 254 Å². The Labute approximate surface area is 601 Å². The zero-order valence-electron chi connectivity index (χ0n) is 65.4. The van der Waals surface area contributed by atoms with E-state index in [1.807, 2.05) is 41.5 Å². The van der Waals surface area contributed by atoms with Crippen LogP contribution in [0.15, 0.2) is 0 Å². The summed E-state index contributed by atoms with van der Waals surface area (Å²) >= 11 is 0. The zero-order chi connectivity index (χ0) is 76.8. The smallest absolute Gasteiger partial charge is 0.246 e. The lowest BCUT2D eigenvalue weighted by molar-refractivity contribution is -0.157. The molecule has 2 fully saturated rings. The second kappa shape index (κ2) is 41.4. The fourth-order valence-corrected chi connectivity index (χ4v) is 13.2. The number of amides is 11. The molecule has 5 N–H and O–H groups in total. The zero-order valence-corrected chi connectivity index (χ0v) is 65.4. The molecular formula is C71H128N16O14. The predicted octanol–water partition coefficient (Wildman–Crippen LogP) is 2.10. The lowest BCUT2D eigenvalue weighted by Crippen LogP contribution is -2.64. The van der Waals surface area contributed by atoms with Gasteiger partial charge in [0.2, 0.25) is 65.0 Å². The van der Waals surface area contributed by atoms with Crippen molar-refractivity contribution in [3.63, 3.8) is 0 Å². The number of hydrogen-bond donors (Lipinski definition) is 5. The quantitative estimate of drug-likeness (QED) is 0.0980. The number of aryl methyl sites for hydroxylation is 2. The van der Waals surface area contributed by atoms with E-state index < -0.39 is 161 Å². The van der Waals surface area contributed by atoms with Gasteiger partial charge in [0.25, 0.3) is 0 Å². The molecule has 0 aliphatic carbocycles. The van der Waals surface area contributed by atoms with Crippen molar-refractivity contribution in [2.24, 2.45) is 42.6 Å². The first-order valence-corrected chi connectivity index (χ1v) is 36.5. The van der Waals surface area contributed by atoms with Gasteiger partial charge in [-0.2, -0.15) is 0 Å². The number of tetrazole rings is 1. The van der Waals surface area contributed by atoms with E-state index in [1.54, 1.807) is 60.2 Å². The fourth-order valence-electron chi connectivity index (χ4n) is 13.2. The Bertz CT molecular complexity index is 2890. The molecule has 1 aromatic heterocycles. The first kappa shape index (κ1) is 88.3. The Morgan fingerprint density at radius 1 is 0.505 bits per heavy atom. The highest BCUT2D eigenvalue weighted by Gasteiger charge is 2.47. The van der Waals surface area contributed by atoms with E-state index in [9.17, 15) is 29.1 Å². The molecule has 0 aromatic carbocycles. The van der Waals surface area contributed by atoms with Crippen LogP contribution >= 0.6 is 0 Å². The summed E-state index contributed by atoms with van der Waals surface area (Å²) in [5.74, 6) is -9.54. The molecule has 14 atom stereocenters. The van der Waals surface area contributed by atoms with Gasteiger partial charge in [-0.25, -0.2) is 4.68 Å². The molecule has 1 aromatic rings. The van der Waals surface area contributed by atoms with Crippen molar-refractivity contribution in [2.75, 3.05) is 88.8 Å². The van der Waals surface area contributed by atoms with Crippen LogP contribution in [0.2, 0.25) is 0 Å². The minimum atomic E-state index is -1.67. The van der Waals surface area contributed by atoms with Crippen LogP contribution in [-0.4, -0.2) is 297 Å². The molecule has 101 heavy (non-hydrogen) atoms. The summed E-state index contributed by atoms with van der Waals surface area (Å²) in [5, 5.41) is 35.4. The van der Waals surface area contributed by atoms with E-state index in [0.29, 0.717) is 51.1 Å². The topological polar surface area (TPSA) is 344 Å². The first-order chi connectivity index (χ1) is 47.1. The highest BCUT2D eigenvalue weighted by atomic mass is 16.5. The van der Waals surface area contributed by atoms with Crippen LogP contribution in [0.1, 0.15) is 174 Å². The van der Waals surface area contributed by atoms with Gasteiger partial charge in [0.05, 0.1) is 25.4 Å². The summed E-state index contributed by atoms with van der Waals surface area (Å²) < 4.78 is 13.4. The molecule has 0 bridgehead atoms. The average Bonchev–Trinajstić information content (AvgIpc) is 1.21. The number of carbonyl (C=O) groups excluding carboxylic acids is 11. The standard InChI is InChI=1S/C71H128N16O14/c1-25-51-67(95)79(17)49(15)66(94)84(22)58(50(16)101-35-29-28-32-87-33-36-100-37-34-87)63(91)75-56(44(8)9)70(98)80(18)52(38-41(2)3)62(90)72-47(13)61(89)73-48(14)65(93)81(19)53(39-42(4)5)68(96)82(20)54(40-43(6)7)69(97)83(21)57(45(10)11)71(99)85(23)59(64(92)74-51)60(88)46(12)30-26-27-31-55-76-77-78-86(55)24/h41-54,56-60,88H,25-40H2,1-24H3,(H,72,90)(H,73,89)(H,74,92)(H,75,91)/t46-,47+,48-,49-,50-,51+,52+,53+,54+,56+,57+,58+,59+,60-/m1/s1. The highest BCUT2D eigenvalue weighted by Crippen LogP contribution is 2.27. The van der Waals surface area contributed by atoms with E-state index >= 15 is 28.8 Å². The third-order valence-corrected chi connectivity index (χ3v) is 19.9. The predicted molar refractivity (Wildman–Crippen MR) is 382 cm³/mol. The van der Waals surface area contributed by atoms with Gasteiger partial charge < -0.3 is 70.1 Å². The number of carbonyl (C=O) groups is 11. The lowest BCUT2D eigenvalue weighted by Gasteiger charge is -2.41. The van der Waals surface area contributed by atoms with E-state index in [4.69, 9.17) is 9.47 Å². The second-order valence-corrected chi connectivity index (χ2v) is 30.2. The molecule has 30 heteroatoms. The van der Waals surface area contributed by atoms with Crippen molar-refractivity contribution >= 4 is 65.0 Å². The minimum absolute atomic E-state index is 0.0246. The third kappa shape index (κ3) is 24.9. The van der Waals surface area contributed by atoms with Crippen molar-refractivity contribution in [1.82, 2.24) is 80.7 Å². The number of likely N-dealkylation sites (N-methyl/N-ethyl adjacent to an activating group) is 7. The van der Waals surface area contributed by atoms with Crippen molar-refractivity contribution in [1.29, 1.82) is 0 Å². The van der Waals surface area contributed by atoms with Crippen LogP contribution < -0.4 is 21.3 Å². The van der Waals surface area contributed by atoms with Crippen molar-refractivity contribution < 1.29 is 67.3 Å². The van der Waals surface area contributed by atoms with E-state index in [-0.39, 0.29) is 50.0 Å². The molecule has 2 saturated heterocycles. The summed E-state index contributed by atoms with van der Waals surface area (Å²) in [6.07, 6.45) is 1.25. The Kier molecular flexibility index (Phi) is 36.2. The summed E-state index contributed by atoms with van der Waals surface area (Å²) in [7, 11) is 11.6. The second-order valence-electron chi connectivity index (χ2n) is 30.2. The lowest BCUT2D eigenvalue weighted by atomic mass is 9.90. The SMILES string of the molecule is CC[C@@H]1NC(=O)[C@H]([C@H](O)[C@H](C)CCCCc2nnnn2C)N(C)C(=O)[C@H](C(C)C)N(C)C(=O)[C@H](CC(C)C)N(C)C(=O)[C@H](CC(C)C)N(C)C(=O)[C@@H](C)NC(=O)[C@H](C)NC(=O)[C@H](CC(C)C)N(C)C(=O)[C@H](C(C)C)NC(=O)[C@H]([C@@H](C)OCCCCN2CCOCC2)N(C)C(=O)[C@@H](C)N(C)C1=O. The van der Waals surface area contributed by atoms with Crippen LogP contribution in [0, 0.1) is 35.5 Å². The maximum atomic E-state index is 15.5. The Hall–Kier alpha value is -6.92. The maximum Gasteiger partial charge on any atom is 0.246 e. The van der Waals surface area contributed by atoms with E-state index in [0.717, 1.165) is 35.9 Å². The van der Waals surface area contributed by atoms with Crippen LogP contribution in [0.5, 0.6) is 0 Å². The first-order valence-electron chi connectivity index (χ1n) is 36.5. The van der Waals surface area contributed by atoms with Gasteiger partial charge in [-0.05, 0) is 132 Å². The Balaban J connectivity index is 2.32. The number of hydrogen-bond acceptors (Lipinski definition) is 18. The number of aromatic nitrogens is 4. The number of rotatable bonds is 23. The van der Waals surface area contributed by atoms with Crippen molar-refractivity contribution in [3.05, 3.63) is 5.82 Å². The normalized spacial score (nSPS) is 26.6. The molecule has 0 radical (unpaired) electrons. The third-order valence-electron chi connectivity index (χ3n) is 19.9. The molecule has 3 heterocycles. The largest absolute Gasteiger partial charge is 0.390 e.